The van der Waals surface area contributed by atoms with Gasteiger partial charge in [0.2, 0.25) is 5.95 Å². The molecule has 0 bridgehead atoms. The van der Waals surface area contributed by atoms with Crippen molar-refractivity contribution in [3.05, 3.63) is 54.5 Å². The van der Waals surface area contributed by atoms with Gasteiger partial charge in [0.15, 0.2) is 0 Å². The van der Waals surface area contributed by atoms with E-state index in [1.165, 1.54) is 18.0 Å². The van der Waals surface area contributed by atoms with E-state index in [-0.39, 0.29) is 12.4 Å². The number of pyridine rings is 1. The largest absolute Gasteiger partial charge is 0.408 e. The second kappa shape index (κ2) is 10.00. The summed E-state index contributed by atoms with van der Waals surface area (Å²) in [4.78, 5) is 14.5. The van der Waals surface area contributed by atoms with Crippen LogP contribution in [0.5, 0.6) is 0 Å². The predicted molar refractivity (Wildman–Crippen MR) is 126 cm³/mol. The topological polar surface area (TPSA) is 86.7 Å². The molecule has 4 heterocycles. The van der Waals surface area contributed by atoms with E-state index in [4.69, 9.17) is 0 Å². The van der Waals surface area contributed by atoms with Crippen LogP contribution in [0.3, 0.4) is 0 Å². The zero-order chi connectivity index (χ0) is 22.8. The summed E-state index contributed by atoms with van der Waals surface area (Å²) in [5.41, 5.74) is 4.02. The van der Waals surface area contributed by atoms with Gasteiger partial charge in [0.1, 0.15) is 12.4 Å². The molecule has 1 aliphatic rings. The Morgan fingerprint density at radius 1 is 1.06 bits per heavy atom. The van der Waals surface area contributed by atoms with Gasteiger partial charge in [-0.2, -0.15) is 18.3 Å². The van der Waals surface area contributed by atoms with Gasteiger partial charge in [-0.15, -0.1) is 12.4 Å². The van der Waals surface area contributed by atoms with Crippen LogP contribution in [0.1, 0.15) is 5.56 Å². The zero-order valence-corrected chi connectivity index (χ0v) is 19.0. The van der Waals surface area contributed by atoms with Crippen molar-refractivity contribution >= 4 is 35.2 Å². The highest BCUT2D eigenvalue weighted by atomic mass is 35.5. The molecule has 0 spiro atoms. The predicted octanol–water partition coefficient (Wildman–Crippen LogP) is 3.95. The first-order valence-electron chi connectivity index (χ1n) is 10.7. The molecule has 8 nitrogen and oxygen atoms in total. The molecule has 0 atom stereocenters. The monoisotopic (exact) mass is 492 g/mol. The Labute approximate surface area is 200 Å². The molecule has 0 radical (unpaired) electrons. The number of piperazine rings is 1. The average Bonchev–Trinajstić information content (AvgIpc) is 3.39. The highest BCUT2D eigenvalue weighted by molar-refractivity contribution is 5.85. The quantitative estimate of drug-likeness (QED) is 0.378. The normalized spacial score (nSPS) is 14.8. The van der Waals surface area contributed by atoms with E-state index in [0.717, 1.165) is 54.0 Å². The highest BCUT2D eigenvalue weighted by Gasteiger charge is 2.28. The Balaban J connectivity index is 0.00000274. The number of hydrogen-bond acceptors (Lipinski definition) is 6. The molecule has 34 heavy (non-hydrogen) atoms. The number of hydrogen-bond donors (Lipinski definition) is 3. The minimum absolute atomic E-state index is 0. The Morgan fingerprint density at radius 3 is 2.68 bits per heavy atom. The molecule has 0 amide bonds. The van der Waals surface area contributed by atoms with Crippen LogP contribution in [0.2, 0.25) is 0 Å². The summed E-state index contributed by atoms with van der Waals surface area (Å²) in [7, 11) is 0. The van der Waals surface area contributed by atoms with Gasteiger partial charge in [0.05, 0.1) is 17.2 Å². The Morgan fingerprint density at radius 2 is 1.88 bits per heavy atom. The van der Waals surface area contributed by atoms with E-state index in [1.54, 1.807) is 6.20 Å². The lowest BCUT2D eigenvalue weighted by Gasteiger charge is -2.27. The summed E-state index contributed by atoms with van der Waals surface area (Å²) in [6.45, 7) is 3.79. The number of imidazole rings is 1. The number of nitrogens with zero attached hydrogens (tertiary/aromatic N) is 5. The number of aromatic nitrogens is 5. The van der Waals surface area contributed by atoms with Gasteiger partial charge < -0.3 is 15.6 Å². The number of rotatable bonds is 6. The summed E-state index contributed by atoms with van der Waals surface area (Å²) in [6.07, 6.45) is 0.279. The molecular formula is C22H24ClF3N8. The van der Waals surface area contributed by atoms with Gasteiger partial charge in [0, 0.05) is 50.7 Å². The van der Waals surface area contributed by atoms with E-state index >= 15 is 0 Å². The van der Waals surface area contributed by atoms with Gasteiger partial charge in [0.25, 0.3) is 0 Å². The summed E-state index contributed by atoms with van der Waals surface area (Å²) in [6, 6.07) is 9.50. The number of benzene rings is 1. The number of alkyl halides is 3. The van der Waals surface area contributed by atoms with E-state index in [1.807, 2.05) is 30.3 Å². The minimum atomic E-state index is -4.31. The van der Waals surface area contributed by atoms with Crippen molar-refractivity contribution in [1.82, 2.24) is 34.9 Å². The lowest BCUT2D eigenvalue weighted by Crippen LogP contribution is -2.42. The van der Waals surface area contributed by atoms with Crippen LogP contribution < -0.4 is 10.6 Å². The van der Waals surface area contributed by atoms with Crippen molar-refractivity contribution in [2.45, 2.75) is 19.3 Å². The lowest BCUT2D eigenvalue weighted by atomic mass is 10.1. The number of H-pyrrole nitrogens is 1. The van der Waals surface area contributed by atoms with Gasteiger partial charge >= 0.3 is 6.18 Å². The van der Waals surface area contributed by atoms with Gasteiger partial charge in [-0.25, -0.2) is 9.97 Å². The van der Waals surface area contributed by atoms with E-state index in [9.17, 15) is 13.2 Å². The number of fused-ring (bicyclic) bond motifs is 1. The lowest BCUT2D eigenvalue weighted by molar-refractivity contribution is -0.142. The number of anilines is 2. The Kier molecular flexibility index (Phi) is 7.05. The number of aromatic amines is 1. The molecule has 0 aliphatic carbocycles. The van der Waals surface area contributed by atoms with Crippen LogP contribution in [0.15, 0.2) is 48.9 Å². The van der Waals surface area contributed by atoms with Crippen LogP contribution in [-0.4, -0.2) is 62.0 Å². The first kappa shape index (κ1) is 24.0. The maximum Gasteiger partial charge on any atom is 0.408 e. The third kappa shape index (κ3) is 5.85. The third-order valence-electron chi connectivity index (χ3n) is 5.48. The Bertz CT molecular complexity index is 1250. The van der Waals surface area contributed by atoms with Crippen LogP contribution >= 0.6 is 12.4 Å². The summed E-state index contributed by atoms with van der Waals surface area (Å²) >= 11 is 0. The molecule has 5 rings (SSSR count). The van der Waals surface area contributed by atoms with E-state index in [2.05, 4.69) is 35.6 Å². The van der Waals surface area contributed by atoms with E-state index < -0.39 is 12.7 Å². The fourth-order valence-electron chi connectivity index (χ4n) is 3.92. The standard InChI is InChI=1S/C22H23F3N8.ClH/c23-22(24,25)14-33-13-17(11-28-33)16-1-2-18-19(10-16)30-21(29-18)31-20-9-15(3-4-27-20)12-32-7-5-26-6-8-32;/h1-4,9-11,13,26H,5-8,12,14H2,(H2,27,29,30,31);1H. The van der Waals surface area contributed by atoms with Crippen molar-refractivity contribution in [1.29, 1.82) is 0 Å². The van der Waals surface area contributed by atoms with Crippen molar-refractivity contribution in [2.24, 2.45) is 0 Å². The van der Waals surface area contributed by atoms with Crippen LogP contribution in [0, 0.1) is 0 Å². The van der Waals surface area contributed by atoms with Crippen molar-refractivity contribution in [2.75, 3.05) is 31.5 Å². The van der Waals surface area contributed by atoms with Gasteiger partial charge in [-0.05, 0) is 35.4 Å². The molecule has 1 aliphatic heterocycles. The highest BCUT2D eigenvalue weighted by Crippen LogP contribution is 2.26. The number of nitrogens with one attached hydrogen (secondary N) is 3. The number of halogens is 4. The molecular weight excluding hydrogens is 469 g/mol. The van der Waals surface area contributed by atoms with Crippen LogP contribution in [0.25, 0.3) is 22.2 Å². The second-order valence-corrected chi connectivity index (χ2v) is 8.06. The first-order valence-corrected chi connectivity index (χ1v) is 10.7. The molecule has 12 heteroatoms. The molecule has 0 unspecified atom stereocenters. The zero-order valence-electron chi connectivity index (χ0n) is 18.1. The van der Waals surface area contributed by atoms with Crippen molar-refractivity contribution in [3.63, 3.8) is 0 Å². The maximum atomic E-state index is 12.6. The first-order chi connectivity index (χ1) is 15.9. The summed E-state index contributed by atoms with van der Waals surface area (Å²) < 4.78 is 38.7. The summed E-state index contributed by atoms with van der Waals surface area (Å²) in [5, 5.41) is 10.4. The molecule has 4 aromatic rings. The van der Waals surface area contributed by atoms with Crippen LogP contribution in [-0.2, 0) is 13.1 Å². The second-order valence-electron chi connectivity index (χ2n) is 8.06. The molecule has 0 saturated carbocycles. The molecule has 3 aromatic heterocycles. The van der Waals surface area contributed by atoms with Gasteiger partial charge in [-0.3, -0.25) is 9.58 Å². The Hall–Kier alpha value is -3.15. The maximum absolute atomic E-state index is 12.6. The van der Waals surface area contributed by atoms with E-state index in [0.29, 0.717) is 17.3 Å². The molecule has 1 aromatic carbocycles. The average molecular weight is 493 g/mol. The minimum Gasteiger partial charge on any atom is -0.324 e. The van der Waals surface area contributed by atoms with Gasteiger partial charge in [-0.1, -0.05) is 6.07 Å². The molecule has 1 saturated heterocycles. The van der Waals surface area contributed by atoms with Crippen molar-refractivity contribution in [3.8, 4) is 11.1 Å². The SMILES string of the molecule is Cl.FC(F)(F)Cn1cc(-c2ccc3nc(Nc4cc(CN5CCNCC5)ccn4)[nH]c3c2)cn1. The smallest absolute Gasteiger partial charge is 0.324 e. The summed E-state index contributed by atoms with van der Waals surface area (Å²) in [5.74, 6) is 1.23. The fourth-order valence-corrected chi connectivity index (χ4v) is 3.92. The van der Waals surface area contributed by atoms with Crippen LogP contribution in [0.4, 0.5) is 24.9 Å². The fraction of sp³-hybridized carbons (Fsp3) is 0.318. The molecule has 180 valence electrons. The third-order valence-corrected chi connectivity index (χ3v) is 5.48. The molecule has 3 N–H and O–H groups in total. The molecule has 1 fully saturated rings. The van der Waals surface area contributed by atoms with Crippen molar-refractivity contribution < 1.29 is 13.2 Å².